The molecule has 4 aromatic rings. The fourth-order valence-electron chi connectivity index (χ4n) is 4.05. The van der Waals surface area contributed by atoms with Crippen LogP contribution in [-0.2, 0) is 22.9 Å². The Morgan fingerprint density at radius 1 is 1.06 bits per heavy atom. The monoisotopic (exact) mass is 462 g/mol. The molecule has 7 nitrogen and oxygen atoms in total. The molecule has 0 saturated heterocycles. The first kappa shape index (κ1) is 21.0. The quantitative estimate of drug-likeness (QED) is 0.482. The summed E-state index contributed by atoms with van der Waals surface area (Å²) in [6, 6.07) is 17.5. The van der Waals surface area contributed by atoms with Gasteiger partial charge in [0.05, 0.1) is 17.3 Å². The Bertz CT molecular complexity index is 1610. The van der Waals surface area contributed by atoms with Gasteiger partial charge in [0.2, 0.25) is 0 Å². The fourth-order valence-corrected chi connectivity index (χ4v) is 4.56. The minimum atomic E-state index is -3.51. The topological polar surface area (TPSA) is 104 Å². The number of nitrogens with zero attached hydrogens (tertiary/aromatic N) is 2. The Hall–Kier alpha value is -3.85. The first-order chi connectivity index (χ1) is 15.8. The number of fused-ring (bicyclic) bond motifs is 2. The van der Waals surface area contributed by atoms with Gasteiger partial charge in [0.15, 0.2) is 0 Å². The zero-order chi connectivity index (χ0) is 23.2. The summed E-state index contributed by atoms with van der Waals surface area (Å²) in [6.45, 7) is 0. The second kappa shape index (κ2) is 7.93. The lowest BCUT2D eigenvalue weighted by atomic mass is 9.97. The molecule has 1 aromatic heterocycles. The van der Waals surface area contributed by atoms with Crippen LogP contribution in [0.2, 0.25) is 0 Å². The van der Waals surface area contributed by atoms with Crippen LogP contribution in [0.1, 0.15) is 16.8 Å². The molecule has 0 atom stereocenters. The Morgan fingerprint density at radius 2 is 1.85 bits per heavy atom. The molecule has 0 saturated carbocycles. The number of aromatic nitrogens is 2. The number of aromatic amines is 1. The van der Waals surface area contributed by atoms with E-state index in [2.05, 4.69) is 19.9 Å². The van der Waals surface area contributed by atoms with E-state index in [1.165, 1.54) is 6.07 Å². The summed E-state index contributed by atoms with van der Waals surface area (Å²) >= 11 is 0. The van der Waals surface area contributed by atoms with Crippen molar-refractivity contribution >= 4 is 32.3 Å². The molecular weight excluding hydrogens is 443 g/mol. The molecule has 166 valence electrons. The van der Waals surface area contributed by atoms with Crippen molar-refractivity contribution in [1.82, 2.24) is 10.2 Å². The van der Waals surface area contributed by atoms with Gasteiger partial charge in [0.25, 0.3) is 15.6 Å². The second-order valence-corrected chi connectivity index (χ2v) is 9.63. The van der Waals surface area contributed by atoms with Crippen molar-refractivity contribution in [3.63, 3.8) is 0 Å². The summed E-state index contributed by atoms with van der Waals surface area (Å²) in [5.74, 6) is -0.0316. The van der Waals surface area contributed by atoms with Crippen molar-refractivity contribution < 1.29 is 12.8 Å². The van der Waals surface area contributed by atoms with Crippen molar-refractivity contribution in [2.24, 2.45) is 4.40 Å². The highest BCUT2D eigenvalue weighted by Gasteiger charge is 2.19. The van der Waals surface area contributed by atoms with Gasteiger partial charge in [-0.2, -0.15) is 9.50 Å². The summed E-state index contributed by atoms with van der Waals surface area (Å²) in [6.07, 6.45) is 1.83. The highest BCUT2D eigenvalue weighted by molar-refractivity contribution is 7.89. The summed E-state index contributed by atoms with van der Waals surface area (Å²) < 4.78 is 41.4. The molecule has 0 fully saturated rings. The largest absolute Gasteiger partial charge is 0.343 e. The van der Waals surface area contributed by atoms with Gasteiger partial charge in [-0.25, -0.2) is 17.9 Å². The lowest BCUT2D eigenvalue weighted by molar-refractivity contribution is 0.603. The number of H-pyrrole nitrogens is 1. The van der Waals surface area contributed by atoms with Crippen LogP contribution < -0.4 is 10.9 Å². The van der Waals surface area contributed by atoms with E-state index in [0.29, 0.717) is 46.6 Å². The molecule has 2 N–H and O–H groups in total. The zero-order valence-corrected chi connectivity index (χ0v) is 18.4. The SMILES string of the molecule is CS(=O)(=O)N=C1Cc2ccc(-c3cc(Cc4n[nH]c(=O)c5ccccc45)ccc3F)cc2N1. The van der Waals surface area contributed by atoms with Gasteiger partial charge < -0.3 is 5.32 Å². The highest BCUT2D eigenvalue weighted by atomic mass is 32.2. The van der Waals surface area contributed by atoms with E-state index in [-0.39, 0.29) is 11.4 Å². The van der Waals surface area contributed by atoms with Gasteiger partial charge in [-0.1, -0.05) is 36.4 Å². The Morgan fingerprint density at radius 3 is 2.64 bits per heavy atom. The number of benzene rings is 3. The molecule has 2 heterocycles. The number of nitrogens with one attached hydrogen (secondary N) is 2. The first-order valence-corrected chi connectivity index (χ1v) is 12.1. The van der Waals surface area contributed by atoms with E-state index in [4.69, 9.17) is 0 Å². The molecule has 0 radical (unpaired) electrons. The van der Waals surface area contributed by atoms with Crippen LogP contribution in [0.5, 0.6) is 0 Å². The standard InChI is InChI=1S/C24H19FN4O3S/c1-33(31,32)29-23-13-16-8-7-15(12-21(16)26-23)19-10-14(6-9-20(19)25)11-22-17-4-2-3-5-18(17)24(30)28-27-22/h2-10,12H,11,13H2,1H3,(H,26,29)(H,28,30). The minimum Gasteiger partial charge on any atom is -0.343 e. The van der Waals surface area contributed by atoms with Crippen LogP contribution in [0.25, 0.3) is 21.9 Å². The van der Waals surface area contributed by atoms with Gasteiger partial charge in [0.1, 0.15) is 11.7 Å². The molecule has 0 unspecified atom stereocenters. The van der Waals surface area contributed by atoms with E-state index in [1.807, 2.05) is 18.2 Å². The maximum Gasteiger partial charge on any atom is 0.272 e. The van der Waals surface area contributed by atoms with Gasteiger partial charge >= 0.3 is 0 Å². The van der Waals surface area contributed by atoms with Crippen molar-refractivity contribution in [2.75, 3.05) is 11.6 Å². The van der Waals surface area contributed by atoms with Crippen molar-refractivity contribution in [3.05, 3.63) is 93.7 Å². The maximum absolute atomic E-state index is 14.8. The summed E-state index contributed by atoms with van der Waals surface area (Å²) in [4.78, 5) is 12.0. The number of anilines is 1. The van der Waals surface area contributed by atoms with Crippen LogP contribution >= 0.6 is 0 Å². The lowest BCUT2D eigenvalue weighted by Gasteiger charge is -2.10. The molecule has 5 rings (SSSR count). The van der Waals surface area contributed by atoms with E-state index in [9.17, 15) is 17.6 Å². The van der Waals surface area contributed by atoms with Crippen LogP contribution in [0.3, 0.4) is 0 Å². The predicted molar refractivity (Wildman–Crippen MR) is 127 cm³/mol. The number of hydrogen-bond acceptors (Lipinski definition) is 4. The van der Waals surface area contributed by atoms with Crippen molar-refractivity contribution in [3.8, 4) is 11.1 Å². The maximum atomic E-state index is 14.8. The molecular formula is C24H19FN4O3S. The third-order valence-electron chi connectivity index (χ3n) is 5.51. The minimum absolute atomic E-state index is 0.251. The average molecular weight is 463 g/mol. The van der Waals surface area contributed by atoms with E-state index in [1.54, 1.807) is 36.4 Å². The zero-order valence-electron chi connectivity index (χ0n) is 17.6. The number of rotatable bonds is 4. The number of amidine groups is 1. The van der Waals surface area contributed by atoms with Gasteiger partial charge in [0, 0.05) is 29.5 Å². The molecule has 1 aliphatic heterocycles. The molecule has 3 aromatic carbocycles. The summed E-state index contributed by atoms with van der Waals surface area (Å²) in [7, 11) is -3.51. The van der Waals surface area contributed by atoms with Gasteiger partial charge in [-0.15, -0.1) is 0 Å². The lowest BCUT2D eigenvalue weighted by Crippen LogP contribution is -2.11. The molecule has 0 bridgehead atoms. The van der Waals surface area contributed by atoms with Gasteiger partial charge in [-0.05, 0) is 41.0 Å². The van der Waals surface area contributed by atoms with Crippen LogP contribution in [-0.4, -0.2) is 30.7 Å². The summed E-state index contributed by atoms with van der Waals surface area (Å²) in [5.41, 5.74) is 3.94. The smallest absolute Gasteiger partial charge is 0.272 e. The number of sulfonamides is 1. The summed E-state index contributed by atoms with van der Waals surface area (Å²) in [5, 5.41) is 11.1. The van der Waals surface area contributed by atoms with Crippen LogP contribution in [0.15, 0.2) is 69.9 Å². The van der Waals surface area contributed by atoms with Crippen molar-refractivity contribution in [1.29, 1.82) is 0 Å². The third kappa shape index (κ3) is 4.27. The molecule has 0 amide bonds. The normalized spacial score (nSPS) is 14.4. The molecule has 9 heteroatoms. The van der Waals surface area contributed by atoms with Crippen LogP contribution in [0, 0.1) is 5.82 Å². The molecule has 1 aliphatic rings. The molecule has 0 aliphatic carbocycles. The first-order valence-electron chi connectivity index (χ1n) is 10.2. The Labute approximate surface area is 189 Å². The fraction of sp³-hybridized carbons (Fsp3) is 0.125. The average Bonchev–Trinajstić information content (AvgIpc) is 3.16. The molecule has 33 heavy (non-hydrogen) atoms. The second-order valence-electron chi connectivity index (χ2n) is 7.98. The van der Waals surface area contributed by atoms with E-state index in [0.717, 1.165) is 22.8 Å². The predicted octanol–water partition coefficient (Wildman–Crippen LogP) is 3.65. The van der Waals surface area contributed by atoms with Crippen molar-refractivity contribution in [2.45, 2.75) is 12.8 Å². The van der Waals surface area contributed by atoms with E-state index >= 15 is 0 Å². The third-order valence-corrected chi connectivity index (χ3v) is 6.06. The van der Waals surface area contributed by atoms with Crippen LogP contribution in [0.4, 0.5) is 10.1 Å². The van der Waals surface area contributed by atoms with Gasteiger partial charge in [-0.3, -0.25) is 4.79 Å². The van der Waals surface area contributed by atoms with E-state index < -0.39 is 10.0 Å². The highest BCUT2D eigenvalue weighted by Crippen LogP contribution is 2.32. The molecule has 0 spiro atoms. The number of halogens is 1. The Kier molecular flexibility index (Phi) is 5.05. The number of hydrogen-bond donors (Lipinski definition) is 2. The Balaban J connectivity index is 1.49.